The molecular weight excluding hydrogens is 232 g/mol. The first-order valence-corrected chi connectivity index (χ1v) is 5.36. The van der Waals surface area contributed by atoms with Gasteiger partial charge in [-0.1, -0.05) is 5.92 Å². The summed E-state index contributed by atoms with van der Waals surface area (Å²) in [5.74, 6) is 3.44. The molecule has 1 aromatic rings. The van der Waals surface area contributed by atoms with E-state index < -0.39 is 0 Å². The maximum Gasteiger partial charge on any atom is 0.238 e. The quantitative estimate of drug-likeness (QED) is 0.579. The smallest absolute Gasteiger partial charge is 0.238 e. The number of amides is 1. The van der Waals surface area contributed by atoms with Gasteiger partial charge in [0.25, 0.3) is 0 Å². The molecule has 96 valence electrons. The molecule has 18 heavy (non-hydrogen) atoms. The molecule has 5 heteroatoms. The molecule has 0 unspecified atom stereocenters. The lowest BCUT2D eigenvalue weighted by Crippen LogP contribution is -2.28. The fourth-order valence-electron chi connectivity index (χ4n) is 1.33. The van der Waals surface area contributed by atoms with Crippen LogP contribution in [0.4, 0.5) is 5.69 Å². The minimum atomic E-state index is -0.180. The number of carbonyl (C=O) groups excluding carboxylic acids is 1. The van der Waals surface area contributed by atoms with Gasteiger partial charge in [-0.3, -0.25) is 10.1 Å². The van der Waals surface area contributed by atoms with Crippen molar-refractivity contribution in [3.63, 3.8) is 0 Å². The van der Waals surface area contributed by atoms with Crippen molar-refractivity contribution in [1.82, 2.24) is 5.32 Å². The Balaban J connectivity index is 2.66. The molecule has 0 spiro atoms. The summed E-state index contributed by atoms with van der Waals surface area (Å²) in [5.41, 5.74) is 0.610. The molecule has 1 aromatic carbocycles. The van der Waals surface area contributed by atoms with Crippen LogP contribution in [0.1, 0.15) is 0 Å². The number of rotatable bonds is 6. The summed E-state index contributed by atoms with van der Waals surface area (Å²) in [5, 5.41) is 5.52. The van der Waals surface area contributed by atoms with E-state index in [2.05, 4.69) is 16.6 Å². The normalized spacial score (nSPS) is 9.39. The molecule has 1 amide bonds. The van der Waals surface area contributed by atoms with Gasteiger partial charge < -0.3 is 14.8 Å². The number of anilines is 1. The average molecular weight is 248 g/mol. The van der Waals surface area contributed by atoms with Gasteiger partial charge >= 0.3 is 0 Å². The molecule has 0 fully saturated rings. The largest absolute Gasteiger partial charge is 0.497 e. The van der Waals surface area contributed by atoms with Gasteiger partial charge in [0, 0.05) is 23.9 Å². The zero-order chi connectivity index (χ0) is 13.4. The first kappa shape index (κ1) is 13.9. The Morgan fingerprint density at radius 1 is 1.28 bits per heavy atom. The van der Waals surface area contributed by atoms with E-state index in [1.165, 1.54) is 0 Å². The molecule has 0 aliphatic heterocycles. The van der Waals surface area contributed by atoms with Crippen molar-refractivity contribution in [3.05, 3.63) is 18.2 Å². The van der Waals surface area contributed by atoms with Crippen LogP contribution >= 0.6 is 0 Å². The van der Waals surface area contributed by atoms with Crippen LogP contribution in [0.2, 0.25) is 0 Å². The molecule has 5 nitrogen and oxygen atoms in total. The van der Waals surface area contributed by atoms with Gasteiger partial charge in [0.15, 0.2) is 0 Å². The number of carbonyl (C=O) groups is 1. The van der Waals surface area contributed by atoms with Crippen molar-refractivity contribution in [1.29, 1.82) is 0 Å². The molecule has 0 saturated heterocycles. The van der Waals surface area contributed by atoms with Gasteiger partial charge in [0.05, 0.1) is 27.3 Å². The number of hydrogen-bond acceptors (Lipinski definition) is 4. The molecule has 0 radical (unpaired) electrons. The fraction of sp³-hybridized carbons (Fsp3) is 0.308. The second kappa shape index (κ2) is 7.20. The lowest BCUT2D eigenvalue weighted by Gasteiger charge is -2.09. The second-order valence-electron chi connectivity index (χ2n) is 3.46. The van der Waals surface area contributed by atoms with Crippen molar-refractivity contribution >= 4 is 11.6 Å². The van der Waals surface area contributed by atoms with Crippen LogP contribution < -0.4 is 20.1 Å². The summed E-state index contributed by atoms with van der Waals surface area (Å²) in [4.78, 5) is 11.6. The lowest BCUT2D eigenvalue weighted by molar-refractivity contribution is -0.115. The van der Waals surface area contributed by atoms with Gasteiger partial charge in [0.1, 0.15) is 11.5 Å². The molecule has 0 aliphatic carbocycles. The summed E-state index contributed by atoms with van der Waals surface area (Å²) in [6.45, 7) is 0.512. The van der Waals surface area contributed by atoms with Crippen molar-refractivity contribution < 1.29 is 14.3 Å². The number of nitrogens with one attached hydrogen (secondary N) is 2. The summed E-state index contributed by atoms with van der Waals surface area (Å²) in [6.07, 6.45) is 5.07. The van der Waals surface area contributed by atoms with Crippen LogP contribution in [-0.2, 0) is 4.79 Å². The Morgan fingerprint density at radius 3 is 2.39 bits per heavy atom. The highest BCUT2D eigenvalue weighted by atomic mass is 16.5. The maximum atomic E-state index is 11.6. The lowest BCUT2D eigenvalue weighted by atomic mass is 10.2. The predicted octanol–water partition coefficient (Wildman–Crippen LogP) is 0.865. The average Bonchev–Trinajstić information content (AvgIpc) is 2.38. The molecule has 0 aromatic heterocycles. The summed E-state index contributed by atoms with van der Waals surface area (Å²) >= 11 is 0. The Bertz CT molecular complexity index is 430. The highest BCUT2D eigenvalue weighted by molar-refractivity contribution is 5.92. The molecule has 2 N–H and O–H groups in total. The minimum Gasteiger partial charge on any atom is -0.497 e. The van der Waals surface area contributed by atoms with E-state index in [1.54, 1.807) is 32.4 Å². The first-order chi connectivity index (χ1) is 8.69. The van der Waals surface area contributed by atoms with E-state index in [9.17, 15) is 4.79 Å². The van der Waals surface area contributed by atoms with Crippen LogP contribution in [0.15, 0.2) is 18.2 Å². The monoisotopic (exact) mass is 248 g/mol. The highest BCUT2D eigenvalue weighted by Crippen LogP contribution is 2.25. The van der Waals surface area contributed by atoms with Gasteiger partial charge in [-0.05, 0) is 0 Å². The van der Waals surface area contributed by atoms with Crippen LogP contribution in [-0.4, -0.2) is 33.2 Å². The Kier molecular flexibility index (Phi) is 5.55. The second-order valence-corrected chi connectivity index (χ2v) is 3.46. The SMILES string of the molecule is C#CCNCC(=O)Nc1cc(OC)cc(OC)c1. The van der Waals surface area contributed by atoms with Crippen molar-refractivity contribution in [2.45, 2.75) is 0 Å². The highest BCUT2D eigenvalue weighted by Gasteiger charge is 2.05. The first-order valence-electron chi connectivity index (χ1n) is 5.36. The van der Waals surface area contributed by atoms with E-state index in [0.717, 1.165) is 0 Å². The number of methoxy groups -OCH3 is 2. The molecule has 1 rings (SSSR count). The number of terminal acetylenes is 1. The Labute approximate surface area is 106 Å². The number of ether oxygens (including phenoxy) is 2. The van der Waals surface area contributed by atoms with Gasteiger partial charge in [-0.25, -0.2) is 0 Å². The third-order valence-electron chi connectivity index (χ3n) is 2.15. The van der Waals surface area contributed by atoms with E-state index in [1.807, 2.05) is 0 Å². The third kappa shape index (κ3) is 4.36. The molecule has 0 aliphatic rings. The molecule has 0 saturated carbocycles. The summed E-state index contributed by atoms with van der Waals surface area (Å²) in [6, 6.07) is 5.15. The maximum absolute atomic E-state index is 11.6. The summed E-state index contributed by atoms with van der Waals surface area (Å²) in [7, 11) is 3.10. The third-order valence-corrected chi connectivity index (χ3v) is 2.15. The Morgan fingerprint density at radius 2 is 1.89 bits per heavy atom. The zero-order valence-corrected chi connectivity index (χ0v) is 10.4. The number of hydrogen-bond donors (Lipinski definition) is 2. The van der Waals surface area contributed by atoms with Crippen molar-refractivity contribution in [2.75, 3.05) is 32.6 Å². The minimum absolute atomic E-state index is 0.156. The van der Waals surface area contributed by atoms with E-state index in [4.69, 9.17) is 15.9 Å². The van der Waals surface area contributed by atoms with Gasteiger partial charge in [-0.15, -0.1) is 6.42 Å². The van der Waals surface area contributed by atoms with E-state index in [-0.39, 0.29) is 12.5 Å². The Hall–Kier alpha value is -2.19. The van der Waals surface area contributed by atoms with Gasteiger partial charge in [-0.2, -0.15) is 0 Å². The predicted molar refractivity (Wildman–Crippen MR) is 69.9 cm³/mol. The van der Waals surface area contributed by atoms with Crippen molar-refractivity contribution in [3.8, 4) is 23.8 Å². The van der Waals surface area contributed by atoms with E-state index >= 15 is 0 Å². The summed E-state index contributed by atoms with van der Waals surface area (Å²) < 4.78 is 10.2. The van der Waals surface area contributed by atoms with Crippen LogP contribution in [0.5, 0.6) is 11.5 Å². The van der Waals surface area contributed by atoms with Gasteiger partial charge in [0.2, 0.25) is 5.91 Å². The molecular formula is C13H16N2O3. The molecule has 0 bridgehead atoms. The fourth-order valence-corrected chi connectivity index (χ4v) is 1.33. The van der Waals surface area contributed by atoms with Crippen LogP contribution in [0.25, 0.3) is 0 Å². The topological polar surface area (TPSA) is 59.6 Å². The standard InChI is InChI=1S/C13H16N2O3/c1-4-5-14-9-13(16)15-10-6-11(17-2)8-12(7-10)18-3/h1,6-8,14H,5,9H2,2-3H3,(H,15,16). The van der Waals surface area contributed by atoms with Crippen LogP contribution in [0, 0.1) is 12.3 Å². The van der Waals surface area contributed by atoms with E-state index in [0.29, 0.717) is 23.7 Å². The molecule has 0 atom stereocenters. The number of benzene rings is 1. The van der Waals surface area contributed by atoms with Crippen molar-refractivity contribution in [2.24, 2.45) is 0 Å². The van der Waals surface area contributed by atoms with Crippen LogP contribution in [0.3, 0.4) is 0 Å². The zero-order valence-electron chi connectivity index (χ0n) is 10.4. The molecule has 0 heterocycles.